The van der Waals surface area contributed by atoms with Gasteiger partial charge in [0.15, 0.2) is 18.2 Å². The maximum absolute atomic E-state index is 11.5. The summed E-state index contributed by atoms with van der Waals surface area (Å²) < 4.78 is 34.0. The van der Waals surface area contributed by atoms with Crippen LogP contribution in [0.5, 0.6) is 0 Å². The van der Waals surface area contributed by atoms with Crippen LogP contribution < -0.4 is 10.3 Å². The second-order valence-electron chi connectivity index (χ2n) is 4.10. The summed E-state index contributed by atoms with van der Waals surface area (Å²) in [5.41, 5.74) is 7.55. The largest absolute Gasteiger partial charge is 0.726 e. The Labute approximate surface area is 143 Å². The van der Waals surface area contributed by atoms with Crippen molar-refractivity contribution >= 4 is 45.0 Å². The van der Waals surface area contributed by atoms with Crippen LogP contribution in [0.1, 0.15) is 16.6 Å². The van der Waals surface area contributed by atoms with Crippen molar-refractivity contribution in [2.45, 2.75) is 11.1 Å². The van der Waals surface area contributed by atoms with E-state index in [1.54, 1.807) is 18.7 Å². The molecule has 0 aromatic carbocycles. The summed E-state index contributed by atoms with van der Waals surface area (Å²) >= 11 is 3.06. The average molecular weight is 376 g/mol. The Hall–Kier alpha value is -1.46. The van der Waals surface area contributed by atoms with Gasteiger partial charge in [0, 0.05) is 19.1 Å². The first-order chi connectivity index (χ1) is 10.7. The van der Waals surface area contributed by atoms with E-state index >= 15 is 0 Å². The van der Waals surface area contributed by atoms with Gasteiger partial charge < -0.3 is 10.3 Å². The molecule has 0 aliphatic rings. The predicted molar refractivity (Wildman–Crippen MR) is 88.8 cm³/mol. The maximum atomic E-state index is 11.5. The molecule has 0 amide bonds. The highest BCUT2D eigenvalue weighted by Gasteiger charge is 2.25. The van der Waals surface area contributed by atoms with Crippen LogP contribution in [0.25, 0.3) is 5.69 Å². The highest BCUT2D eigenvalue weighted by molar-refractivity contribution is 8.00. The molecule has 2 aromatic rings. The third kappa shape index (κ3) is 5.59. The van der Waals surface area contributed by atoms with Gasteiger partial charge in [-0.25, -0.2) is 8.42 Å². The topological polar surface area (TPSA) is 113 Å². The molecule has 2 N–H and O–H groups in total. The van der Waals surface area contributed by atoms with Crippen molar-refractivity contribution in [2.75, 3.05) is 19.1 Å². The lowest BCUT2D eigenvalue weighted by Gasteiger charge is -1.98. The van der Waals surface area contributed by atoms with Gasteiger partial charge in [0.25, 0.3) is 5.69 Å². The Morgan fingerprint density at radius 3 is 2.26 bits per heavy atom. The van der Waals surface area contributed by atoms with Crippen molar-refractivity contribution in [3.05, 3.63) is 35.5 Å². The van der Waals surface area contributed by atoms with Crippen LogP contribution >= 0.6 is 23.1 Å². The number of hydrogen-bond acceptors (Lipinski definition) is 8. The summed E-state index contributed by atoms with van der Waals surface area (Å²) in [6.07, 6.45) is 5.85. The van der Waals surface area contributed by atoms with Crippen LogP contribution in [0.3, 0.4) is 0 Å². The van der Waals surface area contributed by atoms with E-state index in [4.69, 9.17) is 5.73 Å². The van der Waals surface area contributed by atoms with Crippen molar-refractivity contribution in [1.29, 1.82) is 0 Å². The number of pyridine rings is 1. The second kappa shape index (κ2) is 8.41. The first kappa shape index (κ1) is 19.6. The number of aromatic nitrogens is 1. The zero-order valence-electron chi connectivity index (χ0n) is 12.7. The normalized spacial score (nSPS) is 10.8. The molecule has 0 unspecified atom stereocenters. The summed E-state index contributed by atoms with van der Waals surface area (Å²) in [5, 5.41) is 0. The number of thiophene rings is 1. The fourth-order valence-electron chi connectivity index (χ4n) is 1.61. The Morgan fingerprint density at radius 1 is 1.35 bits per heavy atom. The summed E-state index contributed by atoms with van der Waals surface area (Å²) in [4.78, 5) is 12.1. The lowest BCUT2D eigenvalue weighted by Crippen LogP contribution is -2.30. The minimum Gasteiger partial charge on any atom is -0.726 e. The number of Topliss-reactive ketones (excluding diaryl/α,β-unsaturated/α-hetero) is 1. The minimum atomic E-state index is -4.41. The molecule has 0 fully saturated rings. The van der Waals surface area contributed by atoms with Gasteiger partial charge in [-0.3, -0.25) is 8.98 Å². The molecule has 2 rings (SSSR count). The number of nitrogens with two attached hydrogens (primary N) is 1. The van der Waals surface area contributed by atoms with Gasteiger partial charge in [-0.05, 0) is 6.26 Å². The van der Waals surface area contributed by atoms with Crippen molar-refractivity contribution in [1.82, 2.24) is 0 Å². The number of carbonyl (C=O) groups excluding carboxylic acids is 1. The van der Waals surface area contributed by atoms with Crippen molar-refractivity contribution in [2.24, 2.45) is 0 Å². The van der Waals surface area contributed by atoms with Gasteiger partial charge in [0.2, 0.25) is 10.4 Å². The molecular weight excluding hydrogens is 360 g/mol. The number of thioether (sulfide) groups is 1. The lowest BCUT2D eigenvalue weighted by atomic mass is 10.3. The van der Waals surface area contributed by atoms with Gasteiger partial charge in [-0.1, -0.05) is 6.07 Å². The van der Waals surface area contributed by atoms with Crippen LogP contribution in [0.4, 0.5) is 5.69 Å². The van der Waals surface area contributed by atoms with Crippen LogP contribution in [0.2, 0.25) is 0 Å². The molecule has 0 aliphatic heterocycles. The number of nitrogen functional groups attached to an aromatic ring is 1. The number of nitrogens with zero attached hydrogens (tertiary/aromatic N) is 1. The van der Waals surface area contributed by atoms with Gasteiger partial charge in [0.1, 0.15) is 14.8 Å². The molecule has 2 aromatic heterocycles. The van der Waals surface area contributed by atoms with Gasteiger partial charge in [-0.2, -0.15) is 4.57 Å². The Balaban J connectivity index is 0.000000379. The average Bonchev–Trinajstić information content (AvgIpc) is 2.85. The number of carbonyl (C=O) groups is 1. The molecule has 0 radical (unpaired) electrons. The van der Waals surface area contributed by atoms with Gasteiger partial charge in [-0.15, -0.1) is 23.1 Å². The molecule has 0 aliphatic carbocycles. The van der Waals surface area contributed by atoms with Crippen LogP contribution in [-0.4, -0.2) is 32.1 Å². The third-order valence-corrected chi connectivity index (χ3v) is 5.38. The molecule has 7 nitrogen and oxygen atoms in total. The number of rotatable bonds is 4. The standard InChI is InChI=1S/C12H12N2OS2.CH4O4S/c1-8(15)11-9(13)10(12(16-2)17-11)14-6-4-3-5-7-14;1-5-6(2,3)4/h3-7H,1-2H3,(H-,13,15);1H3,(H,2,3,4). The predicted octanol–water partition coefficient (Wildman–Crippen LogP) is 1.62. The minimum absolute atomic E-state index is 0.0191. The smallest absolute Gasteiger partial charge is 0.259 e. The number of ketones is 1. The second-order valence-corrected chi connectivity index (χ2v) is 7.34. The molecule has 10 heteroatoms. The molecule has 2 heterocycles. The number of anilines is 1. The molecule has 23 heavy (non-hydrogen) atoms. The Bertz CT molecular complexity index is 772. The van der Waals surface area contributed by atoms with Crippen molar-refractivity contribution in [3.63, 3.8) is 0 Å². The first-order valence-electron chi connectivity index (χ1n) is 6.16. The molecule has 126 valence electrons. The zero-order valence-corrected chi connectivity index (χ0v) is 15.1. The van der Waals surface area contributed by atoms with Crippen molar-refractivity contribution < 1.29 is 26.5 Å². The van der Waals surface area contributed by atoms with E-state index < -0.39 is 10.4 Å². The van der Waals surface area contributed by atoms with Gasteiger partial charge in [0.05, 0.1) is 7.11 Å². The molecule has 0 saturated carbocycles. The highest BCUT2D eigenvalue weighted by atomic mass is 32.3. The molecular formula is C13H16N2O5S3. The summed E-state index contributed by atoms with van der Waals surface area (Å²) in [5.74, 6) is 0.0191. The fraction of sp³-hybridized carbons (Fsp3) is 0.231. The fourth-order valence-corrected chi connectivity index (χ4v) is 3.45. The summed E-state index contributed by atoms with van der Waals surface area (Å²) in [7, 11) is -3.60. The van der Waals surface area contributed by atoms with Crippen LogP contribution in [0.15, 0.2) is 34.8 Å². The SMILES string of the molecule is COS(=O)(=O)[O-].CSc1sc(C(C)=O)c(N)c1-[n+]1ccccc1. The van der Waals surface area contributed by atoms with Crippen molar-refractivity contribution in [3.8, 4) is 5.69 Å². The highest BCUT2D eigenvalue weighted by Crippen LogP contribution is 2.37. The van der Waals surface area contributed by atoms with E-state index in [2.05, 4.69) is 4.18 Å². The van der Waals surface area contributed by atoms with E-state index in [1.165, 1.54) is 11.3 Å². The lowest BCUT2D eigenvalue weighted by molar-refractivity contribution is -0.596. The monoisotopic (exact) mass is 376 g/mol. The first-order valence-corrected chi connectivity index (χ1v) is 9.54. The molecule has 0 saturated heterocycles. The summed E-state index contributed by atoms with van der Waals surface area (Å²) in [6.45, 7) is 1.55. The molecule has 0 spiro atoms. The number of hydrogen-bond donors (Lipinski definition) is 1. The van der Waals surface area contributed by atoms with Gasteiger partial charge >= 0.3 is 0 Å². The van der Waals surface area contributed by atoms with E-state index in [9.17, 15) is 17.8 Å². The van der Waals surface area contributed by atoms with E-state index in [0.29, 0.717) is 10.6 Å². The summed E-state index contributed by atoms with van der Waals surface area (Å²) in [6, 6.07) is 5.83. The molecule has 0 atom stereocenters. The Kier molecular flexibility index (Phi) is 7.16. The zero-order chi connectivity index (χ0) is 17.6. The van der Waals surface area contributed by atoms with Crippen LogP contribution in [-0.2, 0) is 14.6 Å². The Morgan fingerprint density at radius 2 is 1.87 bits per heavy atom. The van der Waals surface area contributed by atoms with E-state index in [1.807, 2.05) is 41.4 Å². The molecule has 0 bridgehead atoms. The quantitative estimate of drug-likeness (QED) is 0.283. The van der Waals surface area contributed by atoms with E-state index in [-0.39, 0.29) is 5.78 Å². The third-order valence-electron chi connectivity index (χ3n) is 2.57. The maximum Gasteiger partial charge on any atom is 0.259 e. The van der Waals surface area contributed by atoms with Crippen LogP contribution in [0, 0.1) is 0 Å². The van der Waals surface area contributed by atoms with E-state index in [0.717, 1.165) is 17.0 Å².